The molecule has 0 saturated carbocycles. The van der Waals surface area contributed by atoms with Crippen molar-refractivity contribution in [3.63, 3.8) is 0 Å². The summed E-state index contributed by atoms with van der Waals surface area (Å²) in [5, 5.41) is 11.8. The molecular formula is C16H15FN4O3. The highest BCUT2D eigenvalue weighted by Gasteiger charge is 2.31. The largest absolute Gasteiger partial charge is 0.476 e. The summed E-state index contributed by atoms with van der Waals surface area (Å²) < 4.78 is 12.9. The lowest BCUT2D eigenvalue weighted by Crippen LogP contribution is -2.33. The van der Waals surface area contributed by atoms with E-state index in [1.54, 1.807) is 17.0 Å². The van der Waals surface area contributed by atoms with E-state index in [4.69, 9.17) is 5.11 Å². The predicted molar refractivity (Wildman–Crippen MR) is 82.8 cm³/mol. The number of benzene rings is 1. The van der Waals surface area contributed by atoms with Crippen molar-refractivity contribution < 1.29 is 19.1 Å². The van der Waals surface area contributed by atoms with Gasteiger partial charge in [-0.25, -0.2) is 19.2 Å². The molecule has 1 fully saturated rings. The maximum Gasteiger partial charge on any atom is 0.356 e. The van der Waals surface area contributed by atoms with Crippen LogP contribution >= 0.6 is 0 Å². The van der Waals surface area contributed by atoms with Gasteiger partial charge in [0.15, 0.2) is 5.69 Å². The lowest BCUT2D eigenvalue weighted by atomic mass is 10.2. The van der Waals surface area contributed by atoms with E-state index in [0.717, 1.165) is 11.8 Å². The van der Waals surface area contributed by atoms with Crippen molar-refractivity contribution in [3.05, 3.63) is 53.7 Å². The van der Waals surface area contributed by atoms with Crippen LogP contribution < -0.4 is 5.32 Å². The summed E-state index contributed by atoms with van der Waals surface area (Å²) in [5.74, 6) is -1.20. The van der Waals surface area contributed by atoms with Gasteiger partial charge in [-0.1, -0.05) is 12.1 Å². The van der Waals surface area contributed by atoms with Crippen LogP contribution in [-0.4, -0.2) is 44.4 Å². The number of carboxylic acid groups (broad SMARTS) is 1. The lowest BCUT2D eigenvalue weighted by Gasteiger charge is -2.17. The molecule has 1 saturated heterocycles. The number of aromatic carboxylic acids is 1. The number of halogens is 1. The van der Waals surface area contributed by atoms with Gasteiger partial charge in [-0.3, -0.25) is 4.79 Å². The summed E-state index contributed by atoms with van der Waals surface area (Å²) in [6.07, 6.45) is 3.03. The Bertz CT molecular complexity index is 749. The van der Waals surface area contributed by atoms with E-state index in [-0.39, 0.29) is 17.4 Å². The topological polar surface area (TPSA) is 95.4 Å². The highest BCUT2D eigenvalue weighted by Crippen LogP contribution is 2.18. The quantitative estimate of drug-likeness (QED) is 0.863. The Morgan fingerprint density at radius 2 is 2.04 bits per heavy atom. The SMILES string of the molecule is O=C(O)c1cnc(NC2CCN(Cc3ccc(F)cc3)C2=O)cn1. The minimum absolute atomic E-state index is 0.0802. The highest BCUT2D eigenvalue weighted by molar-refractivity contribution is 5.87. The second-order valence-electron chi connectivity index (χ2n) is 5.46. The van der Waals surface area contributed by atoms with Gasteiger partial charge in [-0.15, -0.1) is 0 Å². The number of anilines is 1. The monoisotopic (exact) mass is 330 g/mol. The van der Waals surface area contributed by atoms with Crippen LogP contribution in [0.15, 0.2) is 36.7 Å². The number of hydrogen-bond donors (Lipinski definition) is 2. The number of carbonyl (C=O) groups is 2. The van der Waals surface area contributed by atoms with E-state index in [9.17, 15) is 14.0 Å². The normalized spacial score (nSPS) is 17.1. The van der Waals surface area contributed by atoms with Crippen molar-refractivity contribution in [2.45, 2.75) is 19.0 Å². The van der Waals surface area contributed by atoms with E-state index < -0.39 is 12.0 Å². The minimum atomic E-state index is -1.16. The fourth-order valence-corrected chi connectivity index (χ4v) is 2.53. The summed E-state index contributed by atoms with van der Waals surface area (Å²) in [4.78, 5) is 32.5. The summed E-state index contributed by atoms with van der Waals surface area (Å²) in [7, 11) is 0. The fraction of sp³-hybridized carbons (Fsp3) is 0.250. The third kappa shape index (κ3) is 3.48. The molecule has 1 aliphatic rings. The van der Waals surface area contributed by atoms with Gasteiger partial charge in [0, 0.05) is 13.1 Å². The Morgan fingerprint density at radius 3 is 2.67 bits per heavy atom. The van der Waals surface area contributed by atoms with Gasteiger partial charge in [0.1, 0.15) is 17.7 Å². The van der Waals surface area contributed by atoms with Gasteiger partial charge in [0.25, 0.3) is 0 Å². The standard InChI is InChI=1S/C16H15FN4O3/c17-11-3-1-10(2-4-11)9-21-6-5-12(15(21)22)20-14-8-18-13(7-19-14)16(23)24/h1-4,7-8,12H,5-6,9H2,(H,19,20)(H,23,24). The number of likely N-dealkylation sites (tertiary alicyclic amines) is 1. The molecule has 1 atom stereocenters. The molecule has 0 bridgehead atoms. The number of carboxylic acids is 1. The average Bonchev–Trinajstić information content (AvgIpc) is 2.91. The fourth-order valence-electron chi connectivity index (χ4n) is 2.53. The molecule has 1 aliphatic heterocycles. The van der Waals surface area contributed by atoms with Crippen LogP contribution in [-0.2, 0) is 11.3 Å². The smallest absolute Gasteiger partial charge is 0.356 e. The molecule has 1 aromatic heterocycles. The van der Waals surface area contributed by atoms with Crippen molar-refractivity contribution >= 4 is 17.7 Å². The van der Waals surface area contributed by atoms with Crippen molar-refractivity contribution in [1.82, 2.24) is 14.9 Å². The van der Waals surface area contributed by atoms with E-state index in [1.165, 1.54) is 18.3 Å². The van der Waals surface area contributed by atoms with E-state index in [1.807, 2.05) is 0 Å². The molecule has 1 amide bonds. The molecule has 3 rings (SSSR count). The van der Waals surface area contributed by atoms with Crippen LogP contribution in [0, 0.1) is 5.82 Å². The average molecular weight is 330 g/mol. The molecule has 7 nitrogen and oxygen atoms in total. The van der Waals surface area contributed by atoms with Gasteiger partial charge in [-0.05, 0) is 24.1 Å². The van der Waals surface area contributed by atoms with Crippen molar-refractivity contribution in [3.8, 4) is 0 Å². The van der Waals surface area contributed by atoms with Crippen LogP contribution in [0.3, 0.4) is 0 Å². The zero-order chi connectivity index (χ0) is 17.1. The summed E-state index contributed by atoms with van der Waals surface area (Å²) in [6.45, 7) is 0.995. The molecule has 2 N–H and O–H groups in total. The molecule has 0 radical (unpaired) electrons. The molecule has 1 aromatic carbocycles. The van der Waals surface area contributed by atoms with E-state index in [0.29, 0.717) is 25.3 Å². The molecule has 124 valence electrons. The Hall–Kier alpha value is -3.03. The van der Waals surface area contributed by atoms with E-state index >= 15 is 0 Å². The molecular weight excluding hydrogens is 315 g/mol. The van der Waals surface area contributed by atoms with E-state index in [2.05, 4.69) is 15.3 Å². The number of rotatable bonds is 5. The zero-order valence-electron chi connectivity index (χ0n) is 12.6. The Labute approximate surface area is 137 Å². The third-order valence-corrected chi connectivity index (χ3v) is 3.78. The second-order valence-corrected chi connectivity index (χ2v) is 5.46. The van der Waals surface area contributed by atoms with Gasteiger partial charge in [0.05, 0.1) is 12.4 Å². The lowest BCUT2D eigenvalue weighted by molar-refractivity contribution is -0.128. The Morgan fingerprint density at radius 1 is 1.29 bits per heavy atom. The van der Waals surface area contributed by atoms with Crippen LogP contribution in [0.4, 0.5) is 10.2 Å². The number of nitrogens with one attached hydrogen (secondary N) is 1. The summed E-state index contributed by atoms with van der Waals surface area (Å²) in [6, 6.07) is 5.60. The zero-order valence-corrected chi connectivity index (χ0v) is 12.6. The van der Waals surface area contributed by atoms with Gasteiger partial charge in [0.2, 0.25) is 5.91 Å². The molecule has 24 heavy (non-hydrogen) atoms. The first-order valence-corrected chi connectivity index (χ1v) is 7.38. The van der Waals surface area contributed by atoms with Crippen LogP contribution in [0.1, 0.15) is 22.5 Å². The van der Waals surface area contributed by atoms with Crippen molar-refractivity contribution in [2.24, 2.45) is 0 Å². The van der Waals surface area contributed by atoms with Gasteiger partial charge < -0.3 is 15.3 Å². The minimum Gasteiger partial charge on any atom is -0.476 e. The van der Waals surface area contributed by atoms with Crippen LogP contribution in [0.2, 0.25) is 0 Å². The molecule has 0 aliphatic carbocycles. The van der Waals surface area contributed by atoms with Crippen molar-refractivity contribution in [2.75, 3.05) is 11.9 Å². The predicted octanol–water partition coefficient (Wildman–Crippen LogP) is 1.53. The first-order valence-electron chi connectivity index (χ1n) is 7.38. The first-order chi connectivity index (χ1) is 11.5. The number of hydrogen-bond acceptors (Lipinski definition) is 5. The van der Waals surface area contributed by atoms with Gasteiger partial charge >= 0.3 is 5.97 Å². The van der Waals surface area contributed by atoms with Gasteiger partial charge in [-0.2, -0.15) is 0 Å². The second kappa shape index (κ2) is 6.61. The molecule has 1 unspecified atom stereocenters. The number of amides is 1. The third-order valence-electron chi connectivity index (χ3n) is 3.78. The highest BCUT2D eigenvalue weighted by atomic mass is 19.1. The number of nitrogens with zero attached hydrogens (tertiary/aromatic N) is 3. The van der Waals surface area contributed by atoms with Crippen molar-refractivity contribution in [1.29, 1.82) is 0 Å². The Balaban J connectivity index is 1.61. The van der Waals surface area contributed by atoms with Crippen LogP contribution in [0.5, 0.6) is 0 Å². The summed E-state index contributed by atoms with van der Waals surface area (Å²) in [5.41, 5.74) is 0.701. The molecule has 2 aromatic rings. The first kappa shape index (κ1) is 15.9. The van der Waals surface area contributed by atoms with Crippen LogP contribution in [0.25, 0.3) is 0 Å². The number of carbonyl (C=O) groups excluding carboxylic acids is 1. The maximum absolute atomic E-state index is 12.9. The maximum atomic E-state index is 12.9. The molecule has 2 heterocycles. The molecule has 0 spiro atoms. The number of aromatic nitrogens is 2. The summed E-state index contributed by atoms with van der Waals surface area (Å²) >= 11 is 0. The molecule has 8 heteroatoms. The Kier molecular flexibility index (Phi) is 4.37.